The lowest BCUT2D eigenvalue weighted by Crippen LogP contribution is -2.22. The minimum absolute atomic E-state index is 0. The van der Waals surface area contributed by atoms with Crippen LogP contribution >= 0.6 is 24.0 Å². The largest absolute Gasteiger partial charge is 0.490 e. The number of nitrogens with two attached hydrogens (primary N) is 1. The molecule has 0 saturated carbocycles. The molecule has 0 radical (unpaired) electrons. The number of hydrogen-bond acceptors (Lipinski definition) is 5. The summed E-state index contributed by atoms with van der Waals surface area (Å²) in [5, 5.41) is 3.05. The van der Waals surface area contributed by atoms with E-state index in [4.69, 9.17) is 19.6 Å². The third-order valence-corrected chi connectivity index (χ3v) is 4.00. The number of rotatable bonds is 4. The van der Waals surface area contributed by atoms with Gasteiger partial charge in [0.25, 0.3) is 0 Å². The Bertz CT molecular complexity index is 944. The van der Waals surface area contributed by atoms with Crippen molar-refractivity contribution in [3.05, 3.63) is 60.5 Å². The highest BCUT2D eigenvalue weighted by Gasteiger charge is 2.11. The first kappa shape index (κ1) is 20.0. The van der Waals surface area contributed by atoms with Crippen LogP contribution in [0.5, 0.6) is 11.5 Å². The highest BCUT2D eigenvalue weighted by atomic mass is 127. The molecule has 4 rings (SSSR count). The standard InChI is InChI=1S/C20H20N4O3.HI/c21-20(24-15-7-8-17-18(11-15)26-10-4-9-25-17)22-12-16-13-27-19(23-16)14-5-2-1-3-6-14;/h1-3,5-8,11,13H,4,9-10,12H2,(H3,21,22,24);1H. The Morgan fingerprint density at radius 3 is 2.68 bits per heavy atom. The summed E-state index contributed by atoms with van der Waals surface area (Å²) in [7, 11) is 0. The number of anilines is 1. The van der Waals surface area contributed by atoms with Crippen LogP contribution in [0.25, 0.3) is 11.5 Å². The molecule has 8 heteroatoms. The second kappa shape index (κ2) is 9.45. The third kappa shape index (κ3) is 4.94. The number of halogens is 1. The highest BCUT2D eigenvalue weighted by molar-refractivity contribution is 14.0. The maximum absolute atomic E-state index is 5.99. The second-order valence-electron chi connectivity index (χ2n) is 6.05. The molecule has 0 fully saturated rings. The Labute approximate surface area is 180 Å². The first-order valence-electron chi connectivity index (χ1n) is 8.74. The number of guanidine groups is 1. The topological polar surface area (TPSA) is 94.9 Å². The van der Waals surface area contributed by atoms with Crippen LogP contribution in [0.2, 0.25) is 0 Å². The Kier molecular flexibility index (Phi) is 6.75. The lowest BCUT2D eigenvalue weighted by atomic mass is 10.2. The maximum atomic E-state index is 5.99. The van der Waals surface area contributed by atoms with Crippen molar-refractivity contribution in [3.8, 4) is 23.0 Å². The maximum Gasteiger partial charge on any atom is 0.226 e. The van der Waals surface area contributed by atoms with Gasteiger partial charge in [0, 0.05) is 23.7 Å². The first-order valence-corrected chi connectivity index (χ1v) is 8.74. The van der Waals surface area contributed by atoms with Gasteiger partial charge >= 0.3 is 0 Å². The molecule has 1 aromatic heterocycles. The molecule has 0 atom stereocenters. The van der Waals surface area contributed by atoms with Crippen LogP contribution in [-0.2, 0) is 6.54 Å². The van der Waals surface area contributed by atoms with E-state index in [9.17, 15) is 0 Å². The van der Waals surface area contributed by atoms with Crippen LogP contribution in [-0.4, -0.2) is 24.2 Å². The van der Waals surface area contributed by atoms with Gasteiger partial charge in [0.05, 0.1) is 19.8 Å². The van der Waals surface area contributed by atoms with E-state index in [2.05, 4.69) is 15.3 Å². The van der Waals surface area contributed by atoms with Crippen LogP contribution in [0, 0.1) is 0 Å². The summed E-state index contributed by atoms with van der Waals surface area (Å²) in [5.41, 5.74) is 8.40. The quantitative estimate of drug-likeness (QED) is 0.324. The van der Waals surface area contributed by atoms with Gasteiger partial charge in [-0.05, 0) is 24.3 Å². The molecule has 28 heavy (non-hydrogen) atoms. The van der Waals surface area contributed by atoms with Crippen molar-refractivity contribution in [3.63, 3.8) is 0 Å². The van der Waals surface area contributed by atoms with Crippen molar-refractivity contribution in [2.75, 3.05) is 18.5 Å². The molecular weight excluding hydrogens is 471 g/mol. The zero-order valence-electron chi connectivity index (χ0n) is 15.1. The summed E-state index contributed by atoms with van der Waals surface area (Å²) >= 11 is 0. The van der Waals surface area contributed by atoms with Gasteiger partial charge in [-0.25, -0.2) is 9.98 Å². The van der Waals surface area contributed by atoms with Gasteiger partial charge in [0.1, 0.15) is 12.0 Å². The predicted molar refractivity (Wildman–Crippen MR) is 118 cm³/mol. The van der Waals surface area contributed by atoms with Gasteiger partial charge in [-0.15, -0.1) is 24.0 Å². The van der Waals surface area contributed by atoms with Crippen LogP contribution < -0.4 is 20.5 Å². The van der Waals surface area contributed by atoms with Crippen molar-refractivity contribution in [2.45, 2.75) is 13.0 Å². The average Bonchev–Trinajstić information content (AvgIpc) is 3.05. The molecule has 3 N–H and O–H groups in total. The molecule has 0 saturated heterocycles. The second-order valence-corrected chi connectivity index (χ2v) is 6.05. The van der Waals surface area contributed by atoms with Crippen molar-refractivity contribution >= 4 is 35.6 Å². The minimum Gasteiger partial charge on any atom is -0.490 e. The number of ether oxygens (including phenoxy) is 2. The van der Waals surface area contributed by atoms with Crippen LogP contribution in [0.1, 0.15) is 12.1 Å². The molecule has 0 aliphatic carbocycles. The van der Waals surface area contributed by atoms with E-state index in [-0.39, 0.29) is 29.9 Å². The number of oxazole rings is 1. The molecule has 0 amide bonds. The molecule has 0 spiro atoms. The van der Waals surface area contributed by atoms with Gasteiger partial charge in [-0.3, -0.25) is 0 Å². The van der Waals surface area contributed by atoms with E-state index in [0.717, 1.165) is 23.4 Å². The summed E-state index contributed by atoms with van der Waals surface area (Å²) in [6.45, 7) is 1.61. The zero-order chi connectivity index (χ0) is 18.5. The van der Waals surface area contributed by atoms with Crippen LogP contribution in [0.15, 0.2) is 64.2 Å². The fraction of sp³-hybridized carbons (Fsp3) is 0.200. The molecule has 2 aromatic carbocycles. The smallest absolute Gasteiger partial charge is 0.226 e. The monoisotopic (exact) mass is 492 g/mol. The van der Waals surface area contributed by atoms with Gasteiger partial charge in [0.15, 0.2) is 17.5 Å². The average molecular weight is 492 g/mol. The fourth-order valence-corrected chi connectivity index (χ4v) is 2.69. The molecule has 7 nitrogen and oxygen atoms in total. The summed E-state index contributed by atoms with van der Waals surface area (Å²) in [4.78, 5) is 8.75. The molecule has 1 aliphatic heterocycles. The Hall–Kier alpha value is -2.75. The first-order chi connectivity index (χ1) is 13.3. The summed E-state index contributed by atoms with van der Waals surface area (Å²) < 4.78 is 16.8. The van der Waals surface area contributed by atoms with Crippen molar-refractivity contribution < 1.29 is 13.9 Å². The van der Waals surface area contributed by atoms with E-state index < -0.39 is 0 Å². The molecular formula is C20H21IN4O3. The van der Waals surface area contributed by atoms with Crippen LogP contribution in [0.4, 0.5) is 5.69 Å². The molecule has 1 aliphatic rings. The normalized spacial score (nSPS) is 13.4. The zero-order valence-corrected chi connectivity index (χ0v) is 17.5. The van der Waals surface area contributed by atoms with Crippen molar-refractivity contribution in [2.24, 2.45) is 10.7 Å². The number of nitrogens with one attached hydrogen (secondary N) is 1. The molecule has 0 unspecified atom stereocenters. The minimum atomic E-state index is 0. The molecule has 146 valence electrons. The van der Waals surface area contributed by atoms with E-state index in [1.807, 2.05) is 48.5 Å². The SMILES string of the molecule is I.NC(=NCc1coc(-c2ccccc2)n1)Nc1ccc2c(c1)OCCCO2. The van der Waals surface area contributed by atoms with Gasteiger partial charge in [-0.1, -0.05) is 18.2 Å². The Morgan fingerprint density at radius 1 is 1.07 bits per heavy atom. The van der Waals surface area contributed by atoms with Gasteiger partial charge in [-0.2, -0.15) is 0 Å². The summed E-state index contributed by atoms with van der Waals surface area (Å²) in [6.07, 6.45) is 2.45. The molecule has 2 heterocycles. The van der Waals surface area contributed by atoms with Crippen LogP contribution in [0.3, 0.4) is 0 Å². The van der Waals surface area contributed by atoms with Crippen molar-refractivity contribution in [1.82, 2.24) is 4.98 Å². The fourth-order valence-electron chi connectivity index (χ4n) is 2.69. The number of benzene rings is 2. The number of hydrogen-bond donors (Lipinski definition) is 2. The third-order valence-electron chi connectivity index (χ3n) is 4.00. The highest BCUT2D eigenvalue weighted by Crippen LogP contribution is 2.32. The van der Waals surface area contributed by atoms with Gasteiger partial charge in [0.2, 0.25) is 5.89 Å². The van der Waals surface area contributed by atoms with E-state index in [1.54, 1.807) is 6.26 Å². The Balaban J connectivity index is 0.00000225. The molecule has 0 bridgehead atoms. The molecule has 3 aromatic rings. The number of nitrogens with zero attached hydrogens (tertiary/aromatic N) is 2. The van der Waals surface area contributed by atoms with E-state index in [1.165, 1.54) is 0 Å². The van der Waals surface area contributed by atoms with Crippen molar-refractivity contribution in [1.29, 1.82) is 0 Å². The lowest BCUT2D eigenvalue weighted by molar-refractivity contribution is 0.297. The number of fused-ring (bicyclic) bond motifs is 1. The number of aliphatic imine (C=N–C) groups is 1. The Morgan fingerprint density at radius 2 is 1.86 bits per heavy atom. The van der Waals surface area contributed by atoms with E-state index >= 15 is 0 Å². The lowest BCUT2D eigenvalue weighted by Gasteiger charge is -2.10. The summed E-state index contributed by atoms with van der Waals surface area (Å²) in [6, 6.07) is 15.3. The van der Waals surface area contributed by atoms with Gasteiger partial charge < -0.3 is 24.9 Å². The predicted octanol–water partition coefficient (Wildman–Crippen LogP) is 4.05. The number of aromatic nitrogens is 1. The van der Waals surface area contributed by atoms with E-state index in [0.29, 0.717) is 37.1 Å². The summed E-state index contributed by atoms with van der Waals surface area (Å²) in [5.74, 6) is 2.29.